The summed E-state index contributed by atoms with van der Waals surface area (Å²) in [5, 5.41) is 3.63. The summed E-state index contributed by atoms with van der Waals surface area (Å²) >= 11 is 0. The molecule has 1 aliphatic rings. The fourth-order valence-corrected chi connectivity index (χ4v) is 1.66. The van der Waals surface area contributed by atoms with Gasteiger partial charge in [0.15, 0.2) is 0 Å². The molecule has 0 radical (unpaired) electrons. The monoisotopic (exact) mass is 169 g/mol. The quantitative estimate of drug-likeness (QED) is 0.682. The van der Waals surface area contributed by atoms with Crippen molar-refractivity contribution < 1.29 is 0 Å². The van der Waals surface area contributed by atoms with Crippen LogP contribution < -0.4 is 5.32 Å². The van der Waals surface area contributed by atoms with E-state index in [1.54, 1.807) is 0 Å². The highest BCUT2D eigenvalue weighted by Crippen LogP contribution is 2.26. The predicted molar refractivity (Wildman–Crippen MR) is 54.2 cm³/mol. The van der Waals surface area contributed by atoms with E-state index >= 15 is 0 Å². The molecule has 0 aromatic rings. The molecule has 0 saturated heterocycles. The zero-order valence-corrected chi connectivity index (χ0v) is 8.93. The van der Waals surface area contributed by atoms with E-state index in [1.165, 1.54) is 19.4 Å². The summed E-state index contributed by atoms with van der Waals surface area (Å²) in [5.41, 5.74) is 0. The summed E-state index contributed by atoms with van der Waals surface area (Å²) in [6, 6.07) is 0.834. The van der Waals surface area contributed by atoms with Gasteiger partial charge in [-0.15, -0.1) is 0 Å². The highest BCUT2D eigenvalue weighted by atomic mass is 14.9. The fraction of sp³-hybridized carbons (Fsp3) is 1.00. The third-order valence-corrected chi connectivity index (χ3v) is 3.24. The van der Waals surface area contributed by atoms with Gasteiger partial charge >= 0.3 is 0 Å². The average Bonchev–Trinajstić information content (AvgIpc) is 1.95. The fourth-order valence-electron chi connectivity index (χ4n) is 1.66. The maximum absolute atomic E-state index is 3.63. The second kappa shape index (κ2) is 4.27. The molecule has 0 amide bonds. The van der Waals surface area contributed by atoms with Crippen LogP contribution in [0.15, 0.2) is 0 Å². The molecule has 72 valence electrons. The van der Waals surface area contributed by atoms with E-state index in [-0.39, 0.29) is 0 Å². The van der Waals surface area contributed by atoms with Crippen LogP contribution in [0.3, 0.4) is 0 Å². The molecule has 1 saturated carbocycles. The molecule has 1 heteroatoms. The smallest absolute Gasteiger partial charge is 0.00722 e. The highest BCUT2D eigenvalue weighted by molar-refractivity contribution is 4.82. The van der Waals surface area contributed by atoms with Crippen molar-refractivity contribution in [2.24, 2.45) is 17.8 Å². The summed E-state index contributed by atoms with van der Waals surface area (Å²) in [6.45, 7) is 10.5. The predicted octanol–water partition coefficient (Wildman–Crippen LogP) is 2.67. The van der Waals surface area contributed by atoms with E-state index in [1.807, 2.05) is 0 Å². The molecule has 1 unspecified atom stereocenters. The molecular formula is C11H23N. The standard InChI is InChI=1S/C11H23N/c1-8(2)10(4)7-12-11-5-9(3)6-11/h8-12H,5-7H2,1-4H3. The number of hydrogen-bond donors (Lipinski definition) is 1. The Morgan fingerprint density at radius 1 is 1.25 bits per heavy atom. The van der Waals surface area contributed by atoms with Gasteiger partial charge in [-0.2, -0.15) is 0 Å². The third kappa shape index (κ3) is 2.78. The highest BCUT2D eigenvalue weighted by Gasteiger charge is 2.24. The van der Waals surface area contributed by atoms with E-state index in [0.29, 0.717) is 0 Å². The first-order chi connectivity index (χ1) is 5.59. The second-order valence-corrected chi connectivity index (χ2v) is 4.90. The van der Waals surface area contributed by atoms with Crippen molar-refractivity contribution >= 4 is 0 Å². The van der Waals surface area contributed by atoms with Crippen molar-refractivity contribution in [1.82, 2.24) is 5.32 Å². The number of rotatable bonds is 4. The minimum absolute atomic E-state index is 0.815. The lowest BCUT2D eigenvalue weighted by Gasteiger charge is -2.34. The molecule has 0 spiro atoms. The first-order valence-electron chi connectivity index (χ1n) is 5.33. The lowest BCUT2D eigenvalue weighted by Crippen LogP contribution is -2.42. The van der Waals surface area contributed by atoms with Gasteiger partial charge in [-0.05, 0) is 37.1 Å². The van der Waals surface area contributed by atoms with Gasteiger partial charge in [0, 0.05) is 6.04 Å². The van der Waals surface area contributed by atoms with Gasteiger partial charge < -0.3 is 5.32 Å². The summed E-state index contributed by atoms with van der Waals surface area (Å²) in [7, 11) is 0. The van der Waals surface area contributed by atoms with Gasteiger partial charge in [-0.25, -0.2) is 0 Å². The maximum atomic E-state index is 3.63. The van der Waals surface area contributed by atoms with E-state index in [4.69, 9.17) is 0 Å². The Bertz CT molecular complexity index is 125. The van der Waals surface area contributed by atoms with Crippen LogP contribution in [0.5, 0.6) is 0 Å². The van der Waals surface area contributed by atoms with Crippen LogP contribution in [0.2, 0.25) is 0 Å². The van der Waals surface area contributed by atoms with E-state index < -0.39 is 0 Å². The second-order valence-electron chi connectivity index (χ2n) is 4.90. The average molecular weight is 169 g/mol. The Hall–Kier alpha value is -0.0400. The van der Waals surface area contributed by atoms with Crippen LogP contribution >= 0.6 is 0 Å². The van der Waals surface area contributed by atoms with Gasteiger partial charge in [-0.1, -0.05) is 27.7 Å². The molecule has 1 aliphatic carbocycles. The molecular weight excluding hydrogens is 146 g/mol. The van der Waals surface area contributed by atoms with Crippen LogP contribution in [-0.4, -0.2) is 12.6 Å². The Morgan fingerprint density at radius 3 is 2.25 bits per heavy atom. The van der Waals surface area contributed by atoms with Crippen LogP contribution in [0.1, 0.15) is 40.5 Å². The minimum atomic E-state index is 0.815. The van der Waals surface area contributed by atoms with Gasteiger partial charge in [0.1, 0.15) is 0 Å². The first-order valence-corrected chi connectivity index (χ1v) is 5.33. The van der Waals surface area contributed by atoms with Gasteiger partial charge in [0.2, 0.25) is 0 Å². The Kier molecular flexibility index (Phi) is 3.57. The molecule has 1 fully saturated rings. The molecule has 0 heterocycles. The SMILES string of the molecule is CC1CC(NCC(C)C(C)C)C1. The number of nitrogens with one attached hydrogen (secondary N) is 1. The Balaban J connectivity index is 2.02. The van der Waals surface area contributed by atoms with Crippen molar-refractivity contribution in [3.8, 4) is 0 Å². The third-order valence-electron chi connectivity index (χ3n) is 3.24. The minimum Gasteiger partial charge on any atom is -0.314 e. The molecule has 1 atom stereocenters. The van der Waals surface area contributed by atoms with E-state index in [9.17, 15) is 0 Å². The lowest BCUT2D eigenvalue weighted by molar-refractivity contribution is 0.225. The van der Waals surface area contributed by atoms with Gasteiger partial charge in [0.05, 0.1) is 0 Å². The molecule has 0 aromatic heterocycles. The van der Waals surface area contributed by atoms with Crippen molar-refractivity contribution in [3.05, 3.63) is 0 Å². The largest absolute Gasteiger partial charge is 0.314 e. The zero-order chi connectivity index (χ0) is 9.14. The van der Waals surface area contributed by atoms with Crippen LogP contribution in [-0.2, 0) is 0 Å². The number of hydrogen-bond acceptors (Lipinski definition) is 1. The molecule has 1 N–H and O–H groups in total. The molecule has 0 aliphatic heterocycles. The Labute approximate surface area is 76.9 Å². The molecule has 12 heavy (non-hydrogen) atoms. The topological polar surface area (TPSA) is 12.0 Å². The van der Waals surface area contributed by atoms with E-state index in [2.05, 4.69) is 33.0 Å². The Morgan fingerprint density at radius 2 is 1.83 bits per heavy atom. The molecule has 1 nitrogen and oxygen atoms in total. The summed E-state index contributed by atoms with van der Waals surface area (Å²) in [5.74, 6) is 2.60. The van der Waals surface area contributed by atoms with Gasteiger partial charge in [0.25, 0.3) is 0 Å². The first kappa shape index (κ1) is 10.0. The lowest BCUT2D eigenvalue weighted by atomic mass is 9.81. The maximum Gasteiger partial charge on any atom is 0.00722 e. The summed E-state index contributed by atoms with van der Waals surface area (Å²) in [4.78, 5) is 0. The summed E-state index contributed by atoms with van der Waals surface area (Å²) < 4.78 is 0. The van der Waals surface area contributed by atoms with E-state index in [0.717, 1.165) is 23.8 Å². The normalized spacial score (nSPS) is 31.8. The molecule has 0 aromatic carbocycles. The van der Waals surface area contributed by atoms with Crippen LogP contribution in [0.25, 0.3) is 0 Å². The van der Waals surface area contributed by atoms with Crippen LogP contribution in [0, 0.1) is 17.8 Å². The van der Waals surface area contributed by atoms with Gasteiger partial charge in [-0.3, -0.25) is 0 Å². The van der Waals surface area contributed by atoms with Crippen LogP contribution in [0.4, 0.5) is 0 Å². The zero-order valence-electron chi connectivity index (χ0n) is 8.93. The summed E-state index contributed by atoms with van der Waals surface area (Å²) in [6.07, 6.45) is 2.79. The molecule has 0 bridgehead atoms. The molecule has 1 rings (SSSR count). The van der Waals surface area contributed by atoms with Crippen molar-refractivity contribution in [1.29, 1.82) is 0 Å². The van der Waals surface area contributed by atoms with Crippen molar-refractivity contribution in [3.63, 3.8) is 0 Å². The van der Waals surface area contributed by atoms with Crippen molar-refractivity contribution in [2.75, 3.05) is 6.54 Å². The van der Waals surface area contributed by atoms with Crippen molar-refractivity contribution in [2.45, 2.75) is 46.6 Å².